The molecule has 1 saturated carbocycles. The molecule has 2 fully saturated rings. The standard InChI is InChI=1S/C18H25N5O3/c1-3-15-16(11(2)22-26-15)21-18(24)20-13-7-9-25-17(13)14-6-8-19-23(14)10-12-4-5-12/h6,8,12-13,17H,3-5,7,9-10H2,1-2H3,(H2,20,21,24)/t13-,17-/m1/s1. The van der Waals surface area contributed by atoms with Crippen LogP contribution in [0.25, 0.3) is 0 Å². The topological polar surface area (TPSA) is 94.2 Å². The van der Waals surface area contributed by atoms with Crippen molar-refractivity contribution >= 4 is 11.7 Å². The van der Waals surface area contributed by atoms with Crippen molar-refractivity contribution in [2.75, 3.05) is 11.9 Å². The third kappa shape index (κ3) is 3.46. The zero-order valence-corrected chi connectivity index (χ0v) is 15.2. The Bertz CT molecular complexity index is 780. The summed E-state index contributed by atoms with van der Waals surface area (Å²) in [6.07, 6.45) is 5.63. The molecule has 2 aliphatic rings. The van der Waals surface area contributed by atoms with Crippen molar-refractivity contribution in [2.45, 2.75) is 58.2 Å². The summed E-state index contributed by atoms with van der Waals surface area (Å²) in [5, 5.41) is 14.3. The van der Waals surface area contributed by atoms with Crippen LogP contribution in [0.4, 0.5) is 10.5 Å². The lowest BCUT2D eigenvalue weighted by Crippen LogP contribution is -2.40. The molecule has 1 saturated heterocycles. The van der Waals surface area contributed by atoms with Crippen molar-refractivity contribution < 1.29 is 14.1 Å². The van der Waals surface area contributed by atoms with Gasteiger partial charge in [-0.25, -0.2) is 4.79 Å². The maximum absolute atomic E-state index is 12.5. The van der Waals surface area contributed by atoms with E-state index in [4.69, 9.17) is 9.26 Å². The molecule has 2 aromatic rings. The molecule has 0 aromatic carbocycles. The van der Waals surface area contributed by atoms with Gasteiger partial charge in [-0.1, -0.05) is 12.1 Å². The van der Waals surface area contributed by atoms with Crippen LogP contribution in [0.2, 0.25) is 0 Å². The zero-order valence-electron chi connectivity index (χ0n) is 15.2. The number of urea groups is 1. The fourth-order valence-electron chi connectivity index (χ4n) is 3.45. The second-order valence-corrected chi connectivity index (χ2v) is 7.09. The van der Waals surface area contributed by atoms with Crippen LogP contribution < -0.4 is 10.6 Å². The molecule has 2 atom stereocenters. The first-order valence-corrected chi connectivity index (χ1v) is 9.31. The van der Waals surface area contributed by atoms with Gasteiger partial charge in [0.15, 0.2) is 5.76 Å². The van der Waals surface area contributed by atoms with Gasteiger partial charge in [0.25, 0.3) is 0 Å². The van der Waals surface area contributed by atoms with E-state index in [2.05, 4.69) is 20.9 Å². The van der Waals surface area contributed by atoms with Crippen molar-refractivity contribution in [1.29, 1.82) is 0 Å². The Balaban J connectivity index is 1.43. The van der Waals surface area contributed by atoms with E-state index in [9.17, 15) is 4.79 Å². The number of hydrogen-bond donors (Lipinski definition) is 2. The van der Waals surface area contributed by atoms with E-state index < -0.39 is 0 Å². The van der Waals surface area contributed by atoms with Crippen LogP contribution in [0.1, 0.15) is 49.4 Å². The van der Waals surface area contributed by atoms with E-state index in [0.717, 1.165) is 24.6 Å². The van der Waals surface area contributed by atoms with Gasteiger partial charge in [-0.15, -0.1) is 0 Å². The Morgan fingerprint density at radius 3 is 3.00 bits per heavy atom. The summed E-state index contributed by atoms with van der Waals surface area (Å²) in [5.74, 6) is 1.41. The van der Waals surface area contributed by atoms with Crippen LogP contribution in [0.5, 0.6) is 0 Å². The number of amides is 2. The van der Waals surface area contributed by atoms with Crippen LogP contribution in [-0.2, 0) is 17.7 Å². The molecule has 4 rings (SSSR count). The summed E-state index contributed by atoms with van der Waals surface area (Å²) >= 11 is 0. The molecule has 0 radical (unpaired) electrons. The van der Waals surface area contributed by atoms with E-state index in [1.165, 1.54) is 12.8 Å². The van der Waals surface area contributed by atoms with Gasteiger partial charge < -0.3 is 19.9 Å². The maximum atomic E-state index is 12.5. The fourth-order valence-corrected chi connectivity index (χ4v) is 3.45. The quantitative estimate of drug-likeness (QED) is 0.827. The molecule has 2 aromatic heterocycles. The highest BCUT2D eigenvalue weighted by molar-refractivity contribution is 5.90. The van der Waals surface area contributed by atoms with Gasteiger partial charge in [0.05, 0.1) is 11.7 Å². The molecule has 0 spiro atoms. The van der Waals surface area contributed by atoms with Gasteiger partial charge in [-0.3, -0.25) is 4.68 Å². The van der Waals surface area contributed by atoms with Crippen molar-refractivity contribution in [3.63, 3.8) is 0 Å². The van der Waals surface area contributed by atoms with E-state index in [1.54, 1.807) is 0 Å². The zero-order chi connectivity index (χ0) is 18.1. The van der Waals surface area contributed by atoms with Crippen LogP contribution in [-0.4, -0.2) is 33.6 Å². The van der Waals surface area contributed by atoms with Gasteiger partial charge in [0.2, 0.25) is 0 Å². The summed E-state index contributed by atoms with van der Waals surface area (Å²) < 4.78 is 13.2. The average Bonchev–Trinajstić information content (AvgIpc) is 2.98. The molecular formula is C18H25N5O3. The minimum atomic E-state index is -0.264. The van der Waals surface area contributed by atoms with Gasteiger partial charge in [-0.05, 0) is 38.2 Å². The molecule has 0 unspecified atom stereocenters. The lowest BCUT2D eigenvalue weighted by molar-refractivity contribution is 0.0926. The highest BCUT2D eigenvalue weighted by atomic mass is 16.5. The lowest BCUT2D eigenvalue weighted by atomic mass is 10.1. The van der Waals surface area contributed by atoms with Gasteiger partial charge >= 0.3 is 6.03 Å². The normalized spacial score (nSPS) is 22.5. The number of aromatic nitrogens is 3. The third-order valence-corrected chi connectivity index (χ3v) is 5.07. The molecule has 0 bridgehead atoms. The highest BCUT2D eigenvalue weighted by Crippen LogP contribution is 2.34. The van der Waals surface area contributed by atoms with Gasteiger partial charge in [0, 0.05) is 25.8 Å². The van der Waals surface area contributed by atoms with Crippen LogP contribution in [0.15, 0.2) is 16.8 Å². The Morgan fingerprint density at radius 1 is 1.38 bits per heavy atom. The molecule has 3 heterocycles. The molecule has 26 heavy (non-hydrogen) atoms. The summed E-state index contributed by atoms with van der Waals surface area (Å²) in [7, 11) is 0. The Hall–Kier alpha value is -2.35. The second-order valence-electron chi connectivity index (χ2n) is 7.09. The molecule has 8 nitrogen and oxygen atoms in total. The summed E-state index contributed by atoms with van der Waals surface area (Å²) in [5.41, 5.74) is 2.37. The van der Waals surface area contributed by atoms with Crippen molar-refractivity contribution in [3.05, 3.63) is 29.4 Å². The monoisotopic (exact) mass is 359 g/mol. The molecule has 1 aliphatic heterocycles. The minimum Gasteiger partial charge on any atom is -0.370 e. The molecule has 2 amide bonds. The van der Waals surface area contributed by atoms with Crippen molar-refractivity contribution in [2.24, 2.45) is 5.92 Å². The number of rotatable bonds is 6. The second kappa shape index (κ2) is 7.11. The predicted molar refractivity (Wildman–Crippen MR) is 94.8 cm³/mol. The highest BCUT2D eigenvalue weighted by Gasteiger charge is 2.34. The summed E-state index contributed by atoms with van der Waals surface area (Å²) in [4.78, 5) is 12.5. The predicted octanol–water partition coefficient (Wildman–Crippen LogP) is 2.80. The van der Waals surface area contributed by atoms with E-state index in [-0.39, 0.29) is 18.2 Å². The number of carbonyl (C=O) groups is 1. The Morgan fingerprint density at radius 2 is 2.23 bits per heavy atom. The number of anilines is 1. The Kier molecular flexibility index (Phi) is 4.67. The lowest BCUT2D eigenvalue weighted by Gasteiger charge is -2.21. The molecule has 1 aliphatic carbocycles. The van der Waals surface area contributed by atoms with E-state index in [1.807, 2.05) is 30.8 Å². The van der Waals surface area contributed by atoms with Gasteiger partial charge in [0.1, 0.15) is 17.5 Å². The smallest absolute Gasteiger partial charge is 0.319 e. The number of nitrogens with one attached hydrogen (secondary N) is 2. The van der Waals surface area contributed by atoms with Crippen molar-refractivity contribution in [3.8, 4) is 0 Å². The third-order valence-electron chi connectivity index (χ3n) is 5.07. The van der Waals surface area contributed by atoms with E-state index >= 15 is 0 Å². The minimum absolute atomic E-state index is 0.0881. The average molecular weight is 359 g/mol. The number of aryl methyl sites for hydroxylation is 2. The van der Waals surface area contributed by atoms with Crippen molar-refractivity contribution in [1.82, 2.24) is 20.3 Å². The van der Waals surface area contributed by atoms with E-state index in [0.29, 0.717) is 30.2 Å². The molecule has 8 heteroatoms. The first-order chi connectivity index (χ1) is 12.7. The largest absolute Gasteiger partial charge is 0.370 e. The number of hydrogen-bond acceptors (Lipinski definition) is 5. The number of nitrogens with zero attached hydrogens (tertiary/aromatic N) is 3. The molecule has 140 valence electrons. The SMILES string of the molecule is CCc1onc(C)c1NC(=O)N[C@@H]1CCO[C@H]1c1ccnn1CC1CC1. The number of ether oxygens (including phenoxy) is 1. The Labute approximate surface area is 152 Å². The van der Waals surface area contributed by atoms with Crippen LogP contribution >= 0.6 is 0 Å². The van der Waals surface area contributed by atoms with Crippen LogP contribution in [0.3, 0.4) is 0 Å². The first-order valence-electron chi connectivity index (χ1n) is 9.31. The maximum Gasteiger partial charge on any atom is 0.319 e. The van der Waals surface area contributed by atoms with Gasteiger partial charge in [-0.2, -0.15) is 5.10 Å². The summed E-state index contributed by atoms with van der Waals surface area (Å²) in [6.45, 7) is 5.33. The first kappa shape index (κ1) is 17.1. The number of carbonyl (C=O) groups excluding carboxylic acids is 1. The molecular weight excluding hydrogens is 334 g/mol. The summed E-state index contributed by atoms with van der Waals surface area (Å²) in [6, 6.07) is 1.64. The fraction of sp³-hybridized carbons (Fsp3) is 0.611. The van der Waals surface area contributed by atoms with Crippen LogP contribution in [0, 0.1) is 12.8 Å². The molecule has 2 N–H and O–H groups in total.